The summed E-state index contributed by atoms with van der Waals surface area (Å²) < 4.78 is 17.3. The number of rotatable bonds is 5. The molecule has 0 bridgehead atoms. The van der Waals surface area contributed by atoms with Gasteiger partial charge in [0.1, 0.15) is 46.5 Å². The van der Waals surface area contributed by atoms with Gasteiger partial charge in [-0.2, -0.15) is 0 Å². The summed E-state index contributed by atoms with van der Waals surface area (Å²) in [7, 11) is 0. The lowest BCUT2D eigenvalue weighted by molar-refractivity contribution is -0.268. The maximum absolute atomic E-state index is 13.7. The molecule has 6 N–H and O–H groups in total. The SMILES string of the molecule is CC(C)=CCc1c(O)cc(O)c2c(=O)c(O[C@@H]3O[C@H](C)[C@@H](O)[C@@H](O)[C@H]3O)c(-c3ccc(O)cc3)oc12. The molecule has 1 saturated heterocycles. The molecule has 2 heterocycles. The second-order valence-corrected chi connectivity index (χ2v) is 9.02. The van der Waals surface area contributed by atoms with Crippen LogP contribution in [0.5, 0.6) is 23.0 Å². The fourth-order valence-corrected chi connectivity index (χ4v) is 4.01. The molecule has 1 aromatic heterocycles. The van der Waals surface area contributed by atoms with E-state index in [9.17, 15) is 35.4 Å². The fraction of sp³-hybridized carbons (Fsp3) is 0.346. The van der Waals surface area contributed by atoms with Crippen molar-refractivity contribution in [3.8, 4) is 34.3 Å². The van der Waals surface area contributed by atoms with Crippen molar-refractivity contribution >= 4 is 11.0 Å². The standard InChI is InChI=1S/C26H28O10/c1-11(2)4-9-15-16(28)10-17(29)18-20(31)25(36-26-22(33)21(32)19(30)12(3)34-26)23(35-24(15)18)13-5-7-14(27)8-6-13/h4-8,10,12,19,21-22,26-30,32-33H,9H2,1-3H3/t12-,19-,21-,22-,26+/m1/s1. The summed E-state index contributed by atoms with van der Waals surface area (Å²) in [6.07, 6.45) is -5.16. The average Bonchev–Trinajstić information content (AvgIpc) is 2.82. The van der Waals surface area contributed by atoms with Crippen molar-refractivity contribution in [1.29, 1.82) is 0 Å². The molecule has 4 rings (SSSR count). The van der Waals surface area contributed by atoms with Crippen LogP contribution in [0.25, 0.3) is 22.3 Å². The van der Waals surface area contributed by atoms with Gasteiger partial charge in [-0.3, -0.25) is 4.79 Å². The molecular formula is C26H28O10. The van der Waals surface area contributed by atoms with Gasteiger partial charge in [0.2, 0.25) is 17.5 Å². The minimum Gasteiger partial charge on any atom is -0.508 e. The topological polar surface area (TPSA) is 170 Å². The second kappa shape index (κ2) is 9.82. The highest BCUT2D eigenvalue weighted by atomic mass is 16.7. The smallest absolute Gasteiger partial charge is 0.239 e. The third kappa shape index (κ3) is 4.63. The number of ether oxygens (including phenoxy) is 2. The van der Waals surface area contributed by atoms with Crippen molar-refractivity contribution in [2.75, 3.05) is 0 Å². The summed E-state index contributed by atoms with van der Waals surface area (Å²) in [6, 6.07) is 6.68. The van der Waals surface area contributed by atoms with Crippen LogP contribution in [0, 0.1) is 0 Å². The molecule has 0 spiro atoms. The Morgan fingerprint density at radius 1 is 1.00 bits per heavy atom. The number of fused-ring (bicyclic) bond motifs is 1. The van der Waals surface area contributed by atoms with E-state index < -0.39 is 47.6 Å². The molecule has 36 heavy (non-hydrogen) atoms. The number of aliphatic hydroxyl groups is 3. The van der Waals surface area contributed by atoms with Gasteiger partial charge in [-0.15, -0.1) is 0 Å². The summed E-state index contributed by atoms with van der Waals surface area (Å²) >= 11 is 0. The first-order valence-corrected chi connectivity index (χ1v) is 11.3. The van der Waals surface area contributed by atoms with Gasteiger partial charge < -0.3 is 44.5 Å². The highest BCUT2D eigenvalue weighted by Gasteiger charge is 2.44. The molecule has 1 aliphatic heterocycles. The van der Waals surface area contributed by atoms with E-state index in [-0.39, 0.29) is 40.2 Å². The van der Waals surface area contributed by atoms with Gasteiger partial charge in [-0.05, 0) is 51.5 Å². The van der Waals surface area contributed by atoms with E-state index in [0.717, 1.165) is 11.6 Å². The van der Waals surface area contributed by atoms with Crippen molar-refractivity contribution in [2.45, 2.75) is 57.9 Å². The van der Waals surface area contributed by atoms with Gasteiger partial charge in [-0.25, -0.2) is 0 Å². The van der Waals surface area contributed by atoms with E-state index in [4.69, 9.17) is 13.9 Å². The Hall–Kier alpha value is -3.57. The van der Waals surface area contributed by atoms with Crippen molar-refractivity contribution in [1.82, 2.24) is 0 Å². The molecule has 0 unspecified atom stereocenters. The lowest BCUT2D eigenvalue weighted by atomic mass is 10.00. The van der Waals surface area contributed by atoms with E-state index in [0.29, 0.717) is 5.56 Å². The predicted molar refractivity (Wildman–Crippen MR) is 129 cm³/mol. The van der Waals surface area contributed by atoms with Gasteiger partial charge in [0.15, 0.2) is 5.76 Å². The largest absolute Gasteiger partial charge is 0.508 e. The minimum atomic E-state index is -1.71. The number of hydrogen-bond acceptors (Lipinski definition) is 10. The number of hydrogen-bond donors (Lipinski definition) is 6. The van der Waals surface area contributed by atoms with Crippen LogP contribution in [0.3, 0.4) is 0 Å². The van der Waals surface area contributed by atoms with Crippen LogP contribution in [0.15, 0.2) is 51.2 Å². The molecular weight excluding hydrogens is 472 g/mol. The third-order valence-electron chi connectivity index (χ3n) is 6.07. The molecule has 5 atom stereocenters. The number of aliphatic hydroxyl groups excluding tert-OH is 3. The summed E-state index contributed by atoms with van der Waals surface area (Å²) in [5.74, 6) is -1.43. The molecule has 0 amide bonds. The van der Waals surface area contributed by atoms with Crippen LogP contribution >= 0.6 is 0 Å². The Bertz CT molecular complexity index is 1350. The monoisotopic (exact) mass is 500 g/mol. The number of benzene rings is 2. The van der Waals surface area contributed by atoms with Crippen molar-refractivity contribution < 1.29 is 44.5 Å². The van der Waals surface area contributed by atoms with E-state index >= 15 is 0 Å². The summed E-state index contributed by atoms with van der Waals surface area (Å²) in [4.78, 5) is 13.7. The number of phenols is 3. The van der Waals surface area contributed by atoms with E-state index in [1.807, 2.05) is 19.9 Å². The molecule has 1 aliphatic rings. The fourth-order valence-electron chi connectivity index (χ4n) is 4.01. The number of aromatic hydroxyl groups is 3. The number of allylic oxidation sites excluding steroid dienone is 2. The van der Waals surface area contributed by atoms with E-state index in [1.54, 1.807) is 0 Å². The summed E-state index contributed by atoms with van der Waals surface area (Å²) in [5.41, 5.74) is 0.624. The lowest BCUT2D eigenvalue weighted by Gasteiger charge is -2.38. The molecule has 3 aromatic rings. The predicted octanol–water partition coefficient (Wildman–Crippen LogP) is 2.29. The average molecular weight is 501 g/mol. The van der Waals surface area contributed by atoms with Gasteiger partial charge in [0.25, 0.3) is 0 Å². The summed E-state index contributed by atoms with van der Waals surface area (Å²) in [5, 5.41) is 61.1. The van der Waals surface area contributed by atoms with Gasteiger partial charge in [0, 0.05) is 17.2 Å². The molecule has 192 valence electrons. The highest BCUT2D eigenvalue weighted by molar-refractivity contribution is 5.91. The zero-order valence-corrected chi connectivity index (χ0v) is 19.9. The molecule has 0 aliphatic carbocycles. The quantitative estimate of drug-likeness (QED) is 0.286. The Kier molecular flexibility index (Phi) is 6.96. The van der Waals surface area contributed by atoms with Crippen LogP contribution < -0.4 is 10.2 Å². The van der Waals surface area contributed by atoms with E-state index in [1.165, 1.54) is 31.2 Å². The van der Waals surface area contributed by atoms with Crippen molar-refractivity contribution in [3.05, 3.63) is 57.8 Å². The highest BCUT2D eigenvalue weighted by Crippen LogP contribution is 2.40. The molecule has 1 fully saturated rings. The van der Waals surface area contributed by atoms with E-state index in [2.05, 4.69) is 0 Å². The Morgan fingerprint density at radius 3 is 2.31 bits per heavy atom. The van der Waals surface area contributed by atoms with Gasteiger partial charge in [0.05, 0.1) is 6.10 Å². The Morgan fingerprint density at radius 2 is 1.67 bits per heavy atom. The Balaban J connectivity index is 1.97. The van der Waals surface area contributed by atoms with Gasteiger partial charge in [-0.1, -0.05) is 11.6 Å². The van der Waals surface area contributed by atoms with Crippen LogP contribution in [-0.4, -0.2) is 61.3 Å². The Labute approximate surface area is 205 Å². The van der Waals surface area contributed by atoms with Crippen LogP contribution in [0.2, 0.25) is 0 Å². The van der Waals surface area contributed by atoms with Gasteiger partial charge >= 0.3 is 0 Å². The number of phenolic OH excluding ortho intramolecular Hbond substituents is 3. The third-order valence-corrected chi connectivity index (χ3v) is 6.07. The van der Waals surface area contributed by atoms with Crippen LogP contribution in [0.1, 0.15) is 26.3 Å². The maximum atomic E-state index is 13.7. The zero-order chi connectivity index (χ0) is 26.3. The first-order valence-electron chi connectivity index (χ1n) is 11.3. The first kappa shape index (κ1) is 25.5. The first-order chi connectivity index (χ1) is 17.0. The lowest BCUT2D eigenvalue weighted by Crippen LogP contribution is -2.58. The minimum absolute atomic E-state index is 0.0409. The molecule has 0 saturated carbocycles. The second-order valence-electron chi connectivity index (χ2n) is 9.02. The van der Waals surface area contributed by atoms with Crippen molar-refractivity contribution in [2.24, 2.45) is 0 Å². The maximum Gasteiger partial charge on any atom is 0.239 e. The van der Waals surface area contributed by atoms with Crippen LogP contribution in [0.4, 0.5) is 0 Å². The zero-order valence-electron chi connectivity index (χ0n) is 19.9. The van der Waals surface area contributed by atoms with Crippen molar-refractivity contribution in [3.63, 3.8) is 0 Å². The molecule has 10 heteroatoms. The van der Waals surface area contributed by atoms with Crippen LogP contribution in [-0.2, 0) is 11.2 Å². The summed E-state index contributed by atoms with van der Waals surface area (Å²) in [6.45, 7) is 5.20. The molecule has 2 aromatic carbocycles. The normalized spacial score (nSPS) is 24.0. The molecule has 0 radical (unpaired) electrons. The molecule has 10 nitrogen and oxygen atoms in total.